The molecule has 1 unspecified atom stereocenters. The first-order valence-electron chi connectivity index (χ1n) is 10.6. The molecular weight excluding hydrogens is 398 g/mol. The maximum Gasteiger partial charge on any atom is 0.377 e. The van der Waals surface area contributed by atoms with Gasteiger partial charge in [-0.2, -0.15) is 0 Å². The van der Waals surface area contributed by atoms with Gasteiger partial charge in [-0.25, -0.2) is 4.79 Å². The summed E-state index contributed by atoms with van der Waals surface area (Å²) in [4.78, 5) is 37.7. The Hall–Kier alpha value is -3.35. The highest BCUT2D eigenvalue weighted by Gasteiger charge is 2.34. The lowest BCUT2D eigenvalue weighted by molar-refractivity contribution is -0.131. The van der Waals surface area contributed by atoms with Gasteiger partial charge < -0.3 is 19.5 Å². The van der Waals surface area contributed by atoms with Crippen LogP contribution in [0.1, 0.15) is 49.4 Å². The molecule has 0 saturated heterocycles. The van der Waals surface area contributed by atoms with Crippen molar-refractivity contribution >= 4 is 23.3 Å². The summed E-state index contributed by atoms with van der Waals surface area (Å²) >= 11 is 0. The van der Waals surface area contributed by atoms with Gasteiger partial charge in [0, 0.05) is 13.0 Å². The summed E-state index contributed by atoms with van der Waals surface area (Å²) in [6.07, 6.45) is 3.80. The maximum absolute atomic E-state index is 13.1. The highest BCUT2D eigenvalue weighted by Crippen LogP contribution is 2.34. The van der Waals surface area contributed by atoms with E-state index >= 15 is 0 Å². The van der Waals surface area contributed by atoms with Gasteiger partial charge in [0.05, 0.1) is 17.9 Å². The number of carboxylic acid groups (broad SMARTS) is 1. The molecule has 164 valence electrons. The molecule has 1 amide bonds. The number of aliphatic carboxylic acids is 1. The summed E-state index contributed by atoms with van der Waals surface area (Å²) in [5, 5.41) is 8.98. The minimum Gasteiger partial charge on any atom is -0.493 e. The number of unbranched alkanes of at least 4 members (excludes halogenated alkanes) is 3. The van der Waals surface area contributed by atoms with Gasteiger partial charge >= 0.3 is 5.97 Å². The van der Waals surface area contributed by atoms with Crippen LogP contribution in [0.25, 0.3) is 0 Å². The number of hydrogen-bond donors (Lipinski definition) is 1. The van der Waals surface area contributed by atoms with E-state index in [9.17, 15) is 14.4 Å². The number of amides is 1. The van der Waals surface area contributed by atoms with E-state index in [1.807, 2.05) is 24.3 Å². The van der Waals surface area contributed by atoms with E-state index in [2.05, 4.69) is 6.92 Å². The fraction of sp³-hybridized carbons (Fsp3) is 0.375. The molecule has 3 rings (SSSR count). The zero-order valence-electron chi connectivity index (χ0n) is 17.6. The van der Waals surface area contributed by atoms with Crippen LogP contribution >= 0.6 is 0 Å². The van der Waals surface area contributed by atoms with Gasteiger partial charge in [0.2, 0.25) is 0 Å². The fourth-order valence-corrected chi connectivity index (χ4v) is 3.56. The van der Waals surface area contributed by atoms with Crippen molar-refractivity contribution in [3.05, 3.63) is 54.1 Å². The zero-order valence-corrected chi connectivity index (χ0v) is 17.6. The van der Waals surface area contributed by atoms with Crippen LogP contribution in [0.3, 0.4) is 0 Å². The third kappa shape index (κ3) is 5.42. The molecule has 1 aliphatic heterocycles. The molecule has 0 bridgehead atoms. The average Bonchev–Trinajstić information content (AvgIpc) is 2.78. The summed E-state index contributed by atoms with van der Waals surface area (Å²) in [6, 6.07) is 13.6. The van der Waals surface area contributed by atoms with Crippen molar-refractivity contribution in [1.29, 1.82) is 0 Å². The van der Waals surface area contributed by atoms with E-state index in [1.165, 1.54) is 12.1 Å². The second kappa shape index (κ2) is 10.6. The molecule has 7 heteroatoms. The molecule has 1 atom stereocenters. The number of nitrogens with zero attached hydrogens (tertiary/aromatic N) is 1. The Morgan fingerprint density at radius 3 is 2.58 bits per heavy atom. The molecule has 7 nitrogen and oxygen atoms in total. The van der Waals surface area contributed by atoms with Gasteiger partial charge in [0.25, 0.3) is 11.7 Å². The standard InChI is InChI=1S/C24H27NO6/c1-2-3-4-9-15-25-18-11-6-8-13-20(18)31-21(23(25)27)14-16-30-19-12-7-5-10-17(19)22(26)24(28)29/h5-8,10-13,21H,2-4,9,14-16H2,1H3,(H,28,29). The summed E-state index contributed by atoms with van der Waals surface area (Å²) in [5.41, 5.74) is 0.757. The van der Waals surface area contributed by atoms with Crippen LogP contribution in [0.4, 0.5) is 5.69 Å². The number of ketones is 1. The Balaban J connectivity index is 1.67. The van der Waals surface area contributed by atoms with E-state index < -0.39 is 17.9 Å². The smallest absolute Gasteiger partial charge is 0.377 e. The Bertz CT molecular complexity index is 941. The second-order valence-corrected chi connectivity index (χ2v) is 7.39. The Morgan fingerprint density at radius 1 is 1.06 bits per heavy atom. The number of Topliss-reactive ketones (excluding diaryl/α,β-unsaturated/α-hetero) is 1. The molecule has 0 saturated carbocycles. The number of benzene rings is 2. The number of ether oxygens (including phenoxy) is 2. The second-order valence-electron chi connectivity index (χ2n) is 7.39. The number of anilines is 1. The topological polar surface area (TPSA) is 93.1 Å². The molecule has 0 spiro atoms. The van der Waals surface area contributed by atoms with E-state index in [0.29, 0.717) is 12.3 Å². The third-order valence-electron chi connectivity index (χ3n) is 5.17. The molecule has 2 aromatic carbocycles. The quantitative estimate of drug-likeness (QED) is 0.331. The molecule has 31 heavy (non-hydrogen) atoms. The molecule has 0 aliphatic carbocycles. The monoisotopic (exact) mass is 425 g/mol. The van der Waals surface area contributed by atoms with E-state index in [1.54, 1.807) is 17.0 Å². The molecule has 0 fully saturated rings. The van der Waals surface area contributed by atoms with Crippen LogP contribution in [-0.2, 0) is 9.59 Å². The maximum atomic E-state index is 13.1. The molecule has 2 aromatic rings. The molecule has 0 aromatic heterocycles. The van der Waals surface area contributed by atoms with Crippen LogP contribution in [-0.4, -0.2) is 42.0 Å². The average molecular weight is 425 g/mol. The molecule has 1 aliphatic rings. The number of carbonyl (C=O) groups is 3. The van der Waals surface area contributed by atoms with E-state index in [4.69, 9.17) is 14.6 Å². The first-order chi connectivity index (χ1) is 15.0. The molecular formula is C24H27NO6. The van der Waals surface area contributed by atoms with Crippen LogP contribution in [0, 0.1) is 0 Å². The summed E-state index contributed by atoms with van der Waals surface area (Å²) in [5.74, 6) is -1.86. The van der Waals surface area contributed by atoms with E-state index in [0.717, 1.165) is 31.4 Å². The summed E-state index contributed by atoms with van der Waals surface area (Å²) in [7, 11) is 0. The zero-order chi connectivity index (χ0) is 22.2. The van der Waals surface area contributed by atoms with Crippen LogP contribution in [0.2, 0.25) is 0 Å². The fourth-order valence-electron chi connectivity index (χ4n) is 3.56. The largest absolute Gasteiger partial charge is 0.493 e. The number of fused-ring (bicyclic) bond motifs is 1. The summed E-state index contributed by atoms with van der Waals surface area (Å²) in [6.45, 7) is 2.88. The Morgan fingerprint density at radius 2 is 1.81 bits per heavy atom. The molecule has 0 radical (unpaired) electrons. The van der Waals surface area contributed by atoms with Crippen molar-refractivity contribution in [3.63, 3.8) is 0 Å². The first-order valence-corrected chi connectivity index (χ1v) is 10.6. The minimum absolute atomic E-state index is 0.0196. The van der Waals surface area contributed by atoms with E-state index in [-0.39, 0.29) is 30.2 Å². The van der Waals surface area contributed by atoms with Crippen LogP contribution in [0.5, 0.6) is 11.5 Å². The molecule has 1 N–H and O–H groups in total. The Labute approximate surface area is 181 Å². The van der Waals surface area contributed by atoms with Crippen molar-refractivity contribution in [2.75, 3.05) is 18.1 Å². The lowest BCUT2D eigenvalue weighted by Gasteiger charge is -2.34. The lowest BCUT2D eigenvalue weighted by atomic mass is 10.1. The normalized spacial score (nSPS) is 15.2. The predicted octanol–water partition coefficient (Wildman–Crippen LogP) is 4.10. The molecule has 1 heterocycles. The van der Waals surface area contributed by atoms with Gasteiger partial charge in [-0.05, 0) is 30.7 Å². The van der Waals surface area contributed by atoms with Gasteiger partial charge in [0.15, 0.2) is 6.10 Å². The first kappa shape index (κ1) is 22.3. The van der Waals surface area contributed by atoms with Crippen molar-refractivity contribution < 1.29 is 29.0 Å². The lowest BCUT2D eigenvalue weighted by Crippen LogP contribution is -2.47. The Kier molecular flexibility index (Phi) is 7.65. The highest BCUT2D eigenvalue weighted by molar-refractivity contribution is 6.40. The van der Waals surface area contributed by atoms with Crippen LogP contribution in [0.15, 0.2) is 48.5 Å². The number of carboxylic acids is 1. The van der Waals surface area contributed by atoms with Crippen molar-refractivity contribution in [3.8, 4) is 11.5 Å². The number of rotatable bonds is 11. The van der Waals surface area contributed by atoms with Gasteiger partial charge in [-0.3, -0.25) is 9.59 Å². The SMILES string of the molecule is CCCCCCN1C(=O)C(CCOc2ccccc2C(=O)C(=O)O)Oc2ccccc21. The summed E-state index contributed by atoms with van der Waals surface area (Å²) < 4.78 is 11.6. The number of carbonyl (C=O) groups excluding carboxylic acids is 2. The number of hydrogen-bond acceptors (Lipinski definition) is 5. The minimum atomic E-state index is -1.54. The van der Waals surface area contributed by atoms with Gasteiger partial charge in [-0.1, -0.05) is 50.5 Å². The van der Waals surface area contributed by atoms with Gasteiger partial charge in [-0.15, -0.1) is 0 Å². The predicted molar refractivity (Wildman–Crippen MR) is 116 cm³/mol. The van der Waals surface area contributed by atoms with Crippen molar-refractivity contribution in [2.45, 2.75) is 45.1 Å². The van der Waals surface area contributed by atoms with Crippen LogP contribution < -0.4 is 14.4 Å². The number of para-hydroxylation sites is 3. The van der Waals surface area contributed by atoms with Crippen molar-refractivity contribution in [1.82, 2.24) is 0 Å². The highest BCUT2D eigenvalue weighted by atomic mass is 16.5. The third-order valence-corrected chi connectivity index (χ3v) is 5.17. The van der Waals surface area contributed by atoms with Gasteiger partial charge in [0.1, 0.15) is 11.5 Å². The van der Waals surface area contributed by atoms with Crippen molar-refractivity contribution in [2.24, 2.45) is 0 Å².